The fourth-order valence-electron chi connectivity index (χ4n) is 3.19. The van der Waals surface area contributed by atoms with Crippen LogP contribution in [0.3, 0.4) is 0 Å². The summed E-state index contributed by atoms with van der Waals surface area (Å²) in [6.45, 7) is -0.0888. The van der Waals surface area contributed by atoms with Gasteiger partial charge in [-0.25, -0.2) is 9.59 Å². The van der Waals surface area contributed by atoms with E-state index in [9.17, 15) is 14.4 Å². The molecule has 0 atom stereocenters. The Kier molecular flexibility index (Phi) is 4.23. The highest BCUT2D eigenvalue weighted by Crippen LogP contribution is 2.24. The van der Waals surface area contributed by atoms with Gasteiger partial charge < -0.3 is 19.0 Å². The lowest BCUT2D eigenvalue weighted by Gasteiger charge is -2.09. The summed E-state index contributed by atoms with van der Waals surface area (Å²) in [4.78, 5) is 37.5. The van der Waals surface area contributed by atoms with Gasteiger partial charge in [-0.1, -0.05) is 18.2 Å². The van der Waals surface area contributed by atoms with Crippen molar-refractivity contribution in [2.75, 3.05) is 7.11 Å². The number of hydrogen-bond donors (Lipinski definition) is 1. The SMILES string of the molecule is COC(=O)c1ccc(CN2C(=O)N/C(=C\c3cn(C)c4ccccc34)C2=O)o1. The smallest absolute Gasteiger partial charge is 0.373 e. The Bertz CT molecular complexity index is 1140. The number of furan rings is 1. The maximum atomic E-state index is 12.7. The number of ether oxygens (including phenoxy) is 1. The zero-order valence-electron chi connectivity index (χ0n) is 15.3. The lowest BCUT2D eigenvalue weighted by Crippen LogP contribution is -2.30. The summed E-state index contributed by atoms with van der Waals surface area (Å²) in [6.07, 6.45) is 3.56. The minimum absolute atomic E-state index is 0.0103. The van der Waals surface area contributed by atoms with Gasteiger partial charge >= 0.3 is 12.0 Å². The number of fused-ring (bicyclic) bond motifs is 1. The van der Waals surface area contributed by atoms with Crippen molar-refractivity contribution in [3.63, 3.8) is 0 Å². The molecule has 3 aromatic rings. The highest BCUT2D eigenvalue weighted by Gasteiger charge is 2.34. The Labute approximate surface area is 160 Å². The Morgan fingerprint density at radius 3 is 2.79 bits per heavy atom. The van der Waals surface area contributed by atoms with Crippen molar-refractivity contribution in [1.29, 1.82) is 0 Å². The first-order valence-electron chi connectivity index (χ1n) is 8.53. The molecule has 142 valence electrons. The number of imide groups is 1. The first kappa shape index (κ1) is 17.6. The molecular formula is C20H17N3O5. The summed E-state index contributed by atoms with van der Waals surface area (Å²) in [7, 11) is 3.16. The van der Waals surface area contributed by atoms with Gasteiger partial charge in [0.05, 0.1) is 13.7 Å². The zero-order chi connectivity index (χ0) is 19.8. The van der Waals surface area contributed by atoms with E-state index in [1.165, 1.54) is 19.2 Å². The van der Waals surface area contributed by atoms with Crippen molar-refractivity contribution in [3.8, 4) is 0 Å². The van der Waals surface area contributed by atoms with E-state index >= 15 is 0 Å². The topological polar surface area (TPSA) is 93.8 Å². The molecule has 3 heterocycles. The summed E-state index contributed by atoms with van der Waals surface area (Å²) in [5, 5.41) is 3.57. The van der Waals surface area contributed by atoms with Crippen molar-refractivity contribution in [2.45, 2.75) is 6.54 Å². The average molecular weight is 379 g/mol. The van der Waals surface area contributed by atoms with Crippen LogP contribution in [0.5, 0.6) is 0 Å². The van der Waals surface area contributed by atoms with Gasteiger partial charge in [-0.3, -0.25) is 9.69 Å². The van der Waals surface area contributed by atoms with Gasteiger partial charge in [0, 0.05) is 29.7 Å². The van der Waals surface area contributed by atoms with E-state index < -0.39 is 17.9 Å². The summed E-state index contributed by atoms with van der Waals surface area (Å²) in [6, 6.07) is 10.2. The van der Waals surface area contributed by atoms with E-state index in [4.69, 9.17) is 4.42 Å². The fourth-order valence-corrected chi connectivity index (χ4v) is 3.19. The summed E-state index contributed by atoms with van der Waals surface area (Å²) >= 11 is 0. The number of nitrogens with one attached hydrogen (secondary N) is 1. The predicted molar refractivity (Wildman–Crippen MR) is 100 cm³/mol. The summed E-state index contributed by atoms with van der Waals surface area (Å²) in [5.74, 6) is -0.777. The lowest BCUT2D eigenvalue weighted by atomic mass is 10.1. The molecular weight excluding hydrogens is 362 g/mol. The van der Waals surface area contributed by atoms with Gasteiger partial charge in [0.25, 0.3) is 5.91 Å². The third-order valence-corrected chi connectivity index (χ3v) is 4.55. The number of aryl methyl sites for hydroxylation is 1. The van der Waals surface area contributed by atoms with Crippen LogP contribution in [0.4, 0.5) is 4.79 Å². The van der Waals surface area contributed by atoms with Crippen LogP contribution < -0.4 is 5.32 Å². The van der Waals surface area contributed by atoms with Gasteiger partial charge in [-0.05, 0) is 24.3 Å². The second-order valence-corrected chi connectivity index (χ2v) is 6.35. The van der Waals surface area contributed by atoms with Crippen LogP contribution >= 0.6 is 0 Å². The Balaban J connectivity index is 1.59. The number of benzene rings is 1. The number of amides is 3. The Morgan fingerprint density at radius 2 is 2.00 bits per heavy atom. The molecule has 1 aromatic carbocycles. The quantitative estimate of drug-likeness (QED) is 0.427. The number of para-hydroxylation sites is 1. The van der Waals surface area contributed by atoms with Crippen molar-refractivity contribution >= 4 is 34.9 Å². The molecule has 0 spiro atoms. The minimum Gasteiger partial charge on any atom is -0.463 e. The van der Waals surface area contributed by atoms with Gasteiger partial charge in [-0.2, -0.15) is 0 Å². The lowest BCUT2D eigenvalue weighted by molar-refractivity contribution is -0.123. The standard InChI is InChI=1S/C20H17N3O5/c1-22-10-12(14-5-3-4-6-16(14)22)9-15-18(24)23(20(26)21-15)11-13-7-8-17(28-13)19(25)27-2/h3-10H,11H2,1-2H3,(H,21,26)/b15-9-. The van der Waals surface area contributed by atoms with Crippen LogP contribution in [0, 0.1) is 0 Å². The normalized spacial score (nSPS) is 15.5. The number of methoxy groups -OCH3 is 1. The predicted octanol–water partition coefficient (Wildman–Crippen LogP) is 2.65. The molecule has 1 aliphatic heterocycles. The van der Waals surface area contributed by atoms with Crippen molar-refractivity contribution in [1.82, 2.24) is 14.8 Å². The molecule has 28 heavy (non-hydrogen) atoms. The fraction of sp³-hybridized carbons (Fsp3) is 0.150. The van der Waals surface area contributed by atoms with E-state index in [1.54, 1.807) is 6.08 Å². The molecule has 8 nitrogen and oxygen atoms in total. The average Bonchev–Trinajstić information content (AvgIpc) is 3.36. The molecule has 4 rings (SSSR count). The largest absolute Gasteiger partial charge is 0.463 e. The number of urea groups is 1. The molecule has 3 amide bonds. The Morgan fingerprint density at radius 1 is 1.21 bits per heavy atom. The number of carbonyl (C=O) groups excluding carboxylic acids is 3. The van der Waals surface area contributed by atoms with Crippen LogP contribution in [0.2, 0.25) is 0 Å². The number of aromatic nitrogens is 1. The molecule has 0 unspecified atom stereocenters. The number of hydrogen-bond acceptors (Lipinski definition) is 5. The van der Waals surface area contributed by atoms with Crippen molar-refractivity contribution < 1.29 is 23.5 Å². The number of nitrogens with zero attached hydrogens (tertiary/aromatic N) is 2. The third kappa shape index (κ3) is 2.94. The molecule has 2 aromatic heterocycles. The molecule has 1 saturated heterocycles. The highest BCUT2D eigenvalue weighted by atomic mass is 16.5. The first-order chi connectivity index (χ1) is 13.5. The van der Waals surface area contributed by atoms with Crippen LogP contribution in [0.15, 0.2) is 52.7 Å². The summed E-state index contributed by atoms with van der Waals surface area (Å²) < 4.78 is 11.9. The van der Waals surface area contributed by atoms with E-state index in [0.717, 1.165) is 21.4 Å². The van der Waals surface area contributed by atoms with Gasteiger partial charge in [0.15, 0.2) is 0 Å². The molecule has 8 heteroatoms. The second kappa shape index (κ2) is 6.73. The van der Waals surface area contributed by atoms with Crippen LogP contribution in [0.1, 0.15) is 21.9 Å². The molecule has 1 aliphatic rings. The third-order valence-electron chi connectivity index (χ3n) is 4.55. The van der Waals surface area contributed by atoms with E-state index in [2.05, 4.69) is 10.1 Å². The highest BCUT2D eigenvalue weighted by molar-refractivity contribution is 6.14. The zero-order valence-corrected chi connectivity index (χ0v) is 15.3. The number of esters is 1. The maximum absolute atomic E-state index is 12.7. The summed E-state index contributed by atoms with van der Waals surface area (Å²) in [5.41, 5.74) is 2.03. The molecule has 1 fully saturated rings. The minimum atomic E-state index is -0.625. The number of rotatable bonds is 4. The van der Waals surface area contributed by atoms with E-state index in [0.29, 0.717) is 5.76 Å². The van der Waals surface area contributed by atoms with Gasteiger partial charge in [0.1, 0.15) is 11.5 Å². The van der Waals surface area contributed by atoms with Gasteiger partial charge in [0.2, 0.25) is 5.76 Å². The first-order valence-corrected chi connectivity index (χ1v) is 8.53. The van der Waals surface area contributed by atoms with Crippen LogP contribution in [-0.2, 0) is 23.1 Å². The number of carbonyl (C=O) groups is 3. The molecule has 0 saturated carbocycles. The van der Waals surface area contributed by atoms with Crippen LogP contribution in [0.25, 0.3) is 17.0 Å². The van der Waals surface area contributed by atoms with Crippen LogP contribution in [-0.4, -0.2) is 34.5 Å². The van der Waals surface area contributed by atoms with Crippen molar-refractivity contribution in [2.24, 2.45) is 7.05 Å². The Hall–Kier alpha value is -3.81. The van der Waals surface area contributed by atoms with Gasteiger partial charge in [-0.15, -0.1) is 0 Å². The molecule has 0 bridgehead atoms. The maximum Gasteiger partial charge on any atom is 0.373 e. The van der Waals surface area contributed by atoms with E-state index in [1.807, 2.05) is 42.1 Å². The van der Waals surface area contributed by atoms with Crippen molar-refractivity contribution in [3.05, 3.63) is 65.4 Å². The van der Waals surface area contributed by atoms with E-state index in [-0.39, 0.29) is 18.0 Å². The second-order valence-electron chi connectivity index (χ2n) is 6.35. The molecule has 0 aliphatic carbocycles. The monoisotopic (exact) mass is 379 g/mol. The molecule has 0 radical (unpaired) electrons. The molecule has 1 N–H and O–H groups in total.